The molecular formula is C18H23N5O3. The van der Waals surface area contributed by atoms with Crippen molar-refractivity contribution in [2.45, 2.75) is 25.7 Å². The second-order valence-corrected chi connectivity index (χ2v) is 6.34. The van der Waals surface area contributed by atoms with Gasteiger partial charge in [-0.05, 0) is 12.0 Å². The van der Waals surface area contributed by atoms with Crippen LogP contribution in [0.5, 0.6) is 0 Å². The minimum Gasteiger partial charge on any atom is -0.465 e. The van der Waals surface area contributed by atoms with E-state index in [4.69, 9.17) is 15.6 Å². The topological polar surface area (TPSA) is 105 Å². The van der Waals surface area contributed by atoms with Gasteiger partial charge in [0.15, 0.2) is 0 Å². The Balaban J connectivity index is 1.62. The Morgan fingerprint density at radius 1 is 1.35 bits per heavy atom. The van der Waals surface area contributed by atoms with Crippen LogP contribution in [0.4, 0.5) is 16.6 Å². The number of nitrogens with zero attached hydrogens (tertiary/aromatic N) is 4. The number of amides is 1. The highest BCUT2D eigenvalue weighted by atomic mass is 16.5. The molecule has 1 saturated heterocycles. The van der Waals surface area contributed by atoms with E-state index in [0.29, 0.717) is 31.3 Å². The molecule has 3 rings (SSSR count). The van der Waals surface area contributed by atoms with E-state index in [0.717, 1.165) is 18.5 Å². The van der Waals surface area contributed by atoms with Crippen LogP contribution in [0.3, 0.4) is 0 Å². The van der Waals surface area contributed by atoms with E-state index in [1.165, 1.54) is 4.90 Å². The standard InChI is InChI=1S/C18H23N5O3/c1-22(18(24)25)15-7-8-23(10-15)16-9-14(20-17(19)21-16)12-26-11-13-5-3-2-4-6-13/h2-6,9,15H,7-8,10-12H2,1H3,(H,24,25)(H2,19,20,21). The summed E-state index contributed by atoms with van der Waals surface area (Å²) in [5, 5.41) is 9.12. The van der Waals surface area contributed by atoms with Gasteiger partial charge < -0.3 is 25.4 Å². The highest BCUT2D eigenvalue weighted by molar-refractivity contribution is 5.65. The van der Waals surface area contributed by atoms with Crippen LogP contribution in [0.15, 0.2) is 36.4 Å². The summed E-state index contributed by atoms with van der Waals surface area (Å²) in [5.74, 6) is 0.896. The maximum absolute atomic E-state index is 11.1. The molecule has 26 heavy (non-hydrogen) atoms. The molecule has 1 aliphatic heterocycles. The minimum atomic E-state index is -0.922. The highest BCUT2D eigenvalue weighted by Gasteiger charge is 2.29. The lowest BCUT2D eigenvalue weighted by atomic mass is 10.2. The van der Waals surface area contributed by atoms with E-state index in [2.05, 4.69) is 9.97 Å². The van der Waals surface area contributed by atoms with Crippen LogP contribution in [0.2, 0.25) is 0 Å². The first-order chi connectivity index (χ1) is 12.5. The third kappa shape index (κ3) is 4.40. The number of rotatable bonds is 6. The number of nitrogens with two attached hydrogens (primary N) is 1. The predicted molar refractivity (Wildman–Crippen MR) is 97.8 cm³/mol. The molecule has 0 bridgehead atoms. The molecular weight excluding hydrogens is 334 g/mol. The summed E-state index contributed by atoms with van der Waals surface area (Å²) >= 11 is 0. The van der Waals surface area contributed by atoms with Crippen molar-refractivity contribution in [2.75, 3.05) is 30.8 Å². The Hall–Kier alpha value is -2.87. The smallest absolute Gasteiger partial charge is 0.407 e. The molecule has 8 nitrogen and oxygen atoms in total. The average Bonchev–Trinajstić information content (AvgIpc) is 3.11. The van der Waals surface area contributed by atoms with Crippen molar-refractivity contribution < 1.29 is 14.6 Å². The average molecular weight is 357 g/mol. The molecule has 1 aromatic carbocycles. The molecule has 2 aromatic rings. The third-order valence-corrected chi connectivity index (χ3v) is 4.48. The number of carboxylic acid groups (broad SMARTS) is 1. The fourth-order valence-electron chi connectivity index (χ4n) is 3.01. The van der Waals surface area contributed by atoms with Crippen molar-refractivity contribution in [3.05, 3.63) is 47.7 Å². The second-order valence-electron chi connectivity index (χ2n) is 6.34. The lowest BCUT2D eigenvalue weighted by molar-refractivity contribution is 0.104. The van der Waals surface area contributed by atoms with Gasteiger partial charge in [-0.25, -0.2) is 9.78 Å². The van der Waals surface area contributed by atoms with Gasteiger partial charge in [-0.1, -0.05) is 30.3 Å². The number of anilines is 2. The molecule has 1 unspecified atom stereocenters. The maximum atomic E-state index is 11.1. The molecule has 1 fully saturated rings. The summed E-state index contributed by atoms with van der Waals surface area (Å²) in [4.78, 5) is 23.0. The zero-order chi connectivity index (χ0) is 18.5. The fourth-order valence-corrected chi connectivity index (χ4v) is 3.01. The third-order valence-electron chi connectivity index (χ3n) is 4.48. The van der Waals surface area contributed by atoms with Crippen LogP contribution in [0.1, 0.15) is 17.7 Å². The summed E-state index contributed by atoms with van der Waals surface area (Å²) < 4.78 is 5.72. The first-order valence-electron chi connectivity index (χ1n) is 8.48. The second kappa shape index (κ2) is 8.01. The van der Waals surface area contributed by atoms with Crippen molar-refractivity contribution in [3.63, 3.8) is 0 Å². The lowest BCUT2D eigenvalue weighted by Gasteiger charge is -2.22. The van der Waals surface area contributed by atoms with E-state index in [1.807, 2.05) is 41.3 Å². The van der Waals surface area contributed by atoms with Gasteiger partial charge in [0, 0.05) is 26.2 Å². The monoisotopic (exact) mass is 357 g/mol. The van der Waals surface area contributed by atoms with Gasteiger partial charge in [-0.2, -0.15) is 4.98 Å². The number of hydrogen-bond donors (Lipinski definition) is 2. The van der Waals surface area contributed by atoms with Gasteiger partial charge >= 0.3 is 6.09 Å². The quantitative estimate of drug-likeness (QED) is 0.814. The Bertz CT molecular complexity index is 756. The molecule has 0 aliphatic carbocycles. The number of aromatic nitrogens is 2. The SMILES string of the molecule is CN(C(=O)O)C1CCN(c2cc(COCc3ccccc3)nc(N)n2)C1. The number of ether oxygens (including phenoxy) is 1. The van der Waals surface area contributed by atoms with Gasteiger partial charge in [-0.15, -0.1) is 0 Å². The van der Waals surface area contributed by atoms with Crippen molar-refractivity contribution in [1.82, 2.24) is 14.9 Å². The van der Waals surface area contributed by atoms with Crippen molar-refractivity contribution in [3.8, 4) is 0 Å². The molecule has 0 radical (unpaired) electrons. The van der Waals surface area contributed by atoms with Crippen LogP contribution in [0, 0.1) is 0 Å². The van der Waals surface area contributed by atoms with E-state index in [-0.39, 0.29) is 12.0 Å². The lowest BCUT2D eigenvalue weighted by Crippen LogP contribution is -2.38. The summed E-state index contributed by atoms with van der Waals surface area (Å²) in [6.07, 6.45) is -0.166. The van der Waals surface area contributed by atoms with E-state index in [1.54, 1.807) is 7.05 Å². The number of nitrogen functional groups attached to an aromatic ring is 1. The molecule has 1 amide bonds. The van der Waals surface area contributed by atoms with Crippen LogP contribution >= 0.6 is 0 Å². The minimum absolute atomic E-state index is 0.0542. The summed E-state index contributed by atoms with van der Waals surface area (Å²) in [5.41, 5.74) is 7.64. The molecule has 8 heteroatoms. The highest BCUT2D eigenvalue weighted by Crippen LogP contribution is 2.22. The van der Waals surface area contributed by atoms with E-state index in [9.17, 15) is 4.79 Å². The summed E-state index contributed by atoms with van der Waals surface area (Å²) in [6.45, 7) is 2.14. The van der Waals surface area contributed by atoms with E-state index < -0.39 is 6.09 Å². The molecule has 0 saturated carbocycles. The number of carbonyl (C=O) groups is 1. The molecule has 2 heterocycles. The molecule has 3 N–H and O–H groups in total. The Morgan fingerprint density at radius 3 is 2.85 bits per heavy atom. The molecule has 0 spiro atoms. The van der Waals surface area contributed by atoms with Crippen molar-refractivity contribution >= 4 is 17.9 Å². The Kier molecular flexibility index (Phi) is 5.52. The fraction of sp³-hybridized carbons (Fsp3) is 0.389. The van der Waals surface area contributed by atoms with E-state index >= 15 is 0 Å². The predicted octanol–water partition coefficient (Wildman–Crippen LogP) is 1.96. The van der Waals surface area contributed by atoms with Gasteiger partial charge in [0.2, 0.25) is 5.95 Å². The number of hydrogen-bond acceptors (Lipinski definition) is 6. The van der Waals surface area contributed by atoms with Crippen LogP contribution in [0.25, 0.3) is 0 Å². The summed E-state index contributed by atoms with van der Waals surface area (Å²) in [7, 11) is 1.59. The largest absolute Gasteiger partial charge is 0.465 e. The van der Waals surface area contributed by atoms with Crippen LogP contribution in [-0.4, -0.2) is 52.2 Å². The number of benzene rings is 1. The molecule has 1 aromatic heterocycles. The first kappa shape index (κ1) is 17.9. The summed E-state index contributed by atoms with van der Waals surface area (Å²) in [6, 6.07) is 11.7. The zero-order valence-corrected chi connectivity index (χ0v) is 14.7. The maximum Gasteiger partial charge on any atom is 0.407 e. The molecule has 1 aliphatic rings. The normalized spacial score (nSPS) is 16.7. The number of likely N-dealkylation sites (N-methyl/N-ethyl adjacent to an activating group) is 1. The van der Waals surface area contributed by atoms with Crippen molar-refractivity contribution in [1.29, 1.82) is 0 Å². The molecule has 1 atom stereocenters. The first-order valence-corrected chi connectivity index (χ1v) is 8.48. The van der Waals surface area contributed by atoms with Crippen LogP contribution in [-0.2, 0) is 18.0 Å². The zero-order valence-electron chi connectivity index (χ0n) is 14.7. The van der Waals surface area contributed by atoms with Gasteiger partial charge in [0.05, 0.1) is 24.9 Å². The Morgan fingerprint density at radius 2 is 2.12 bits per heavy atom. The van der Waals surface area contributed by atoms with Crippen LogP contribution < -0.4 is 10.6 Å². The molecule has 138 valence electrons. The Labute approximate surface area is 152 Å². The van der Waals surface area contributed by atoms with Crippen molar-refractivity contribution in [2.24, 2.45) is 0 Å². The van der Waals surface area contributed by atoms with Gasteiger partial charge in [-0.3, -0.25) is 0 Å². The van der Waals surface area contributed by atoms with Gasteiger partial charge in [0.25, 0.3) is 0 Å². The van der Waals surface area contributed by atoms with Gasteiger partial charge in [0.1, 0.15) is 5.82 Å².